The molecule has 1 atom stereocenters. The van der Waals surface area contributed by atoms with Crippen molar-refractivity contribution < 1.29 is 19.1 Å². The van der Waals surface area contributed by atoms with Crippen LogP contribution in [0.4, 0.5) is 5.82 Å². The number of ketones is 1. The number of anilines is 1. The van der Waals surface area contributed by atoms with Gasteiger partial charge in [-0.25, -0.2) is 9.97 Å². The normalized spacial score (nSPS) is 16.5. The Balaban J connectivity index is 0.00000336. The van der Waals surface area contributed by atoms with E-state index in [1.807, 2.05) is 12.1 Å². The Morgan fingerprint density at radius 2 is 2.13 bits per heavy atom. The Kier molecular flexibility index (Phi) is 9.82. The molecule has 1 aromatic carbocycles. The molecule has 38 heavy (non-hydrogen) atoms. The molecule has 1 aliphatic heterocycles. The van der Waals surface area contributed by atoms with Crippen molar-refractivity contribution in [2.45, 2.75) is 77.2 Å². The number of fused-ring (bicyclic) bond motifs is 1. The minimum absolute atomic E-state index is 0. The van der Waals surface area contributed by atoms with Gasteiger partial charge in [0.05, 0.1) is 12.3 Å². The fraction of sp³-hybridized carbons (Fsp3) is 0.483. The Labute approximate surface area is 231 Å². The highest BCUT2D eigenvalue weighted by molar-refractivity contribution is 7.59. The predicted molar refractivity (Wildman–Crippen MR) is 151 cm³/mol. The van der Waals surface area contributed by atoms with Crippen LogP contribution >= 0.6 is 13.5 Å². The number of aromatic nitrogens is 2. The summed E-state index contributed by atoms with van der Waals surface area (Å²) in [5, 5.41) is 14.1. The number of carbonyl (C=O) groups excluding carboxylic acids is 1. The highest BCUT2D eigenvalue weighted by Crippen LogP contribution is 2.30. The number of nitrogens with one attached hydrogen (secondary N) is 1. The summed E-state index contributed by atoms with van der Waals surface area (Å²) >= 11 is 0. The number of β-amino-alcohol motifs (C(OH)–C–C–N with tert-alkyl or cyclic N) is 1. The molecular formula is C29H38N4O4S. The van der Waals surface area contributed by atoms with Crippen LogP contribution in [-0.4, -0.2) is 51.0 Å². The molecule has 2 aromatic heterocycles. The summed E-state index contributed by atoms with van der Waals surface area (Å²) in [5.41, 5.74) is 4.39. The number of ether oxygens (including phenoxy) is 1. The molecular weight excluding hydrogens is 500 g/mol. The number of Topliss-reactive ketones (excluding diaryl/α,β-unsaturated/α-hetero) is 1. The number of oxazole rings is 1. The molecule has 3 heterocycles. The van der Waals surface area contributed by atoms with Gasteiger partial charge in [-0.15, -0.1) is 0 Å². The van der Waals surface area contributed by atoms with Crippen LogP contribution in [0, 0.1) is 6.92 Å². The zero-order chi connectivity index (χ0) is 25.6. The Morgan fingerprint density at radius 3 is 2.92 bits per heavy atom. The second-order valence-corrected chi connectivity index (χ2v) is 10.2. The average Bonchev–Trinajstić information content (AvgIpc) is 3.62. The third-order valence-electron chi connectivity index (χ3n) is 7.53. The lowest BCUT2D eigenvalue weighted by molar-refractivity contribution is 0.0836. The van der Waals surface area contributed by atoms with Gasteiger partial charge in [0.25, 0.3) is 0 Å². The van der Waals surface area contributed by atoms with Gasteiger partial charge in [-0.2, -0.15) is 13.5 Å². The maximum Gasteiger partial charge on any atom is 0.181 e. The largest absolute Gasteiger partial charge is 0.485 e. The number of pyridine rings is 1. The molecule has 1 aliphatic carbocycles. The lowest BCUT2D eigenvalue weighted by Crippen LogP contribution is -2.37. The summed E-state index contributed by atoms with van der Waals surface area (Å²) in [7, 11) is 0. The third kappa shape index (κ3) is 7.15. The van der Waals surface area contributed by atoms with Crippen molar-refractivity contribution >= 4 is 25.1 Å². The number of hydrogen-bond donors (Lipinski definition) is 2. The van der Waals surface area contributed by atoms with Gasteiger partial charge >= 0.3 is 0 Å². The summed E-state index contributed by atoms with van der Waals surface area (Å²) in [6.45, 7) is 4.66. The van der Waals surface area contributed by atoms with E-state index in [0.29, 0.717) is 43.4 Å². The van der Waals surface area contributed by atoms with E-state index >= 15 is 0 Å². The first-order valence-corrected chi connectivity index (χ1v) is 13.3. The molecule has 3 aromatic rings. The van der Waals surface area contributed by atoms with Crippen LogP contribution in [0.15, 0.2) is 47.5 Å². The lowest BCUT2D eigenvalue weighted by atomic mass is 9.94. The molecule has 1 fully saturated rings. The number of benzene rings is 1. The van der Waals surface area contributed by atoms with Gasteiger partial charge in [-0.05, 0) is 67.5 Å². The molecule has 0 spiro atoms. The summed E-state index contributed by atoms with van der Waals surface area (Å²) in [4.78, 5) is 23.4. The molecule has 0 unspecified atom stereocenters. The third-order valence-corrected chi connectivity index (χ3v) is 7.53. The van der Waals surface area contributed by atoms with Crippen molar-refractivity contribution in [3.05, 3.63) is 71.1 Å². The van der Waals surface area contributed by atoms with Crippen molar-refractivity contribution in [1.82, 2.24) is 14.9 Å². The Morgan fingerprint density at radius 1 is 1.29 bits per heavy atom. The van der Waals surface area contributed by atoms with Crippen LogP contribution in [0.5, 0.6) is 5.75 Å². The zero-order valence-electron chi connectivity index (χ0n) is 22.0. The van der Waals surface area contributed by atoms with Crippen LogP contribution in [0.25, 0.3) is 0 Å². The lowest BCUT2D eigenvalue weighted by Gasteiger charge is -2.31. The second-order valence-electron chi connectivity index (χ2n) is 10.2. The first-order valence-electron chi connectivity index (χ1n) is 13.3. The topological polar surface area (TPSA) is 101 Å². The first kappa shape index (κ1) is 28.1. The van der Waals surface area contributed by atoms with Gasteiger partial charge in [0.15, 0.2) is 17.9 Å². The first-order chi connectivity index (χ1) is 18.0. The fourth-order valence-corrected chi connectivity index (χ4v) is 5.45. The van der Waals surface area contributed by atoms with E-state index in [9.17, 15) is 9.90 Å². The van der Waals surface area contributed by atoms with Gasteiger partial charge in [-0.3, -0.25) is 9.69 Å². The predicted octanol–water partition coefficient (Wildman–Crippen LogP) is 4.81. The van der Waals surface area contributed by atoms with Gasteiger partial charge in [0.1, 0.15) is 18.2 Å². The number of hydrogen-bond acceptors (Lipinski definition) is 8. The van der Waals surface area contributed by atoms with Crippen LogP contribution in [0.1, 0.15) is 71.3 Å². The van der Waals surface area contributed by atoms with Crippen molar-refractivity contribution in [2.24, 2.45) is 0 Å². The van der Waals surface area contributed by atoms with E-state index in [-0.39, 0.29) is 19.3 Å². The minimum atomic E-state index is -0.547. The number of nitrogens with zero attached hydrogens (tertiary/aromatic N) is 3. The maximum atomic E-state index is 12.8. The van der Waals surface area contributed by atoms with Crippen LogP contribution < -0.4 is 10.1 Å². The van der Waals surface area contributed by atoms with E-state index < -0.39 is 6.10 Å². The van der Waals surface area contributed by atoms with Crippen molar-refractivity contribution in [1.29, 1.82) is 0 Å². The summed E-state index contributed by atoms with van der Waals surface area (Å²) in [5.74, 6) is 2.38. The maximum absolute atomic E-state index is 12.8. The monoisotopic (exact) mass is 538 g/mol. The van der Waals surface area contributed by atoms with E-state index in [2.05, 4.69) is 33.2 Å². The number of carbonyl (C=O) groups is 1. The van der Waals surface area contributed by atoms with E-state index in [4.69, 9.17) is 9.15 Å². The molecule has 0 amide bonds. The molecule has 2 aliphatic rings. The molecule has 9 heteroatoms. The van der Waals surface area contributed by atoms with Crippen LogP contribution in [0.2, 0.25) is 0 Å². The number of rotatable bonds is 11. The summed E-state index contributed by atoms with van der Waals surface area (Å²) < 4.78 is 11.2. The van der Waals surface area contributed by atoms with Crippen molar-refractivity contribution in [3.8, 4) is 5.75 Å². The fourth-order valence-electron chi connectivity index (χ4n) is 5.45. The summed E-state index contributed by atoms with van der Waals surface area (Å²) in [6, 6.07) is 8.19. The van der Waals surface area contributed by atoms with Gasteiger partial charge in [-0.1, -0.05) is 18.9 Å². The molecule has 0 saturated heterocycles. The van der Waals surface area contributed by atoms with E-state index in [1.54, 1.807) is 18.5 Å². The zero-order valence-corrected chi connectivity index (χ0v) is 23.0. The van der Waals surface area contributed by atoms with E-state index in [1.165, 1.54) is 30.4 Å². The van der Waals surface area contributed by atoms with E-state index in [0.717, 1.165) is 49.5 Å². The minimum Gasteiger partial charge on any atom is -0.485 e. The van der Waals surface area contributed by atoms with Gasteiger partial charge in [0.2, 0.25) is 0 Å². The van der Waals surface area contributed by atoms with Crippen molar-refractivity contribution in [3.63, 3.8) is 0 Å². The highest BCUT2D eigenvalue weighted by atomic mass is 32.1. The summed E-state index contributed by atoms with van der Waals surface area (Å²) in [6.07, 6.45) is 10.7. The highest BCUT2D eigenvalue weighted by Gasteiger charge is 2.22. The van der Waals surface area contributed by atoms with Gasteiger partial charge < -0.3 is 19.6 Å². The molecule has 1 saturated carbocycles. The molecule has 0 bridgehead atoms. The SMILES string of the molecule is Cc1c(OCc2cnco2)ccc2c1CCN(C[C@@H](O)CCC(=O)c1ccnc(NC3CCCC3)c1)C2.S. The molecule has 0 radical (unpaired) electrons. The number of aliphatic hydroxyl groups excluding tert-OH is 1. The Bertz CT molecular complexity index is 1200. The smallest absolute Gasteiger partial charge is 0.181 e. The molecule has 8 nitrogen and oxygen atoms in total. The second kappa shape index (κ2) is 13.3. The Hall–Kier alpha value is -2.88. The quantitative estimate of drug-likeness (QED) is 0.336. The number of aliphatic hydroxyl groups is 1. The van der Waals surface area contributed by atoms with Crippen LogP contribution in [0.3, 0.4) is 0 Å². The van der Waals surface area contributed by atoms with Crippen LogP contribution in [-0.2, 0) is 19.6 Å². The van der Waals surface area contributed by atoms with Crippen molar-refractivity contribution in [2.75, 3.05) is 18.4 Å². The molecule has 204 valence electrons. The molecule has 2 N–H and O–H groups in total. The average molecular weight is 539 g/mol. The molecule has 5 rings (SSSR count). The van der Waals surface area contributed by atoms with Gasteiger partial charge in [0, 0.05) is 43.9 Å². The standard InChI is InChI=1S/C29H36N4O4.H2S/c1-20-26-11-13-33(16-22(26)6-9-28(20)36-18-25-15-30-19-37-25)17-24(34)7-8-27(35)21-10-12-31-29(14-21)32-23-4-2-3-5-23;/h6,9-10,12,14-15,19,23-24,34H,2-5,7-8,11,13,16-18H2,1H3,(H,31,32);1H2/t24-;/m0./s1.